The zero-order valence-corrected chi connectivity index (χ0v) is 9.19. The van der Waals surface area contributed by atoms with Gasteiger partial charge in [-0.2, -0.15) is 0 Å². The van der Waals surface area contributed by atoms with Gasteiger partial charge in [0.05, 0.1) is 0 Å². The molecular weight excluding hydrogens is 166 g/mol. The average Bonchev–Trinajstić information content (AvgIpc) is 0.811. The molecule has 0 aliphatic rings. The van der Waals surface area contributed by atoms with Crippen molar-refractivity contribution in [3.05, 3.63) is 0 Å². The Morgan fingerprint density at radius 1 is 1.14 bits per heavy atom. The molecule has 38 valence electrons. The molecule has 0 fully saturated rings. The van der Waals surface area contributed by atoms with Gasteiger partial charge < -0.3 is 14.9 Å². The minimum Gasteiger partial charge on any atom is -1.00 e. The van der Waals surface area contributed by atoms with E-state index in [-0.39, 0.29) is 76.3 Å². The van der Waals surface area contributed by atoms with Gasteiger partial charge in [-0.05, 0) is 0 Å². The van der Waals surface area contributed by atoms with Crippen LogP contribution in [-0.2, 0) is 0 Å². The number of halogens is 4. The van der Waals surface area contributed by atoms with Crippen LogP contribution < -0.4 is 29.6 Å². The smallest absolute Gasteiger partial charge is 1.00 e. The van der Waals surface area contributed by atoms with Crippen molar-refractivity contribution < 1.29 is 49.1 Å². The summed E-state index contributed by atoms with van der Waals surface area (Å²) in [5, 5.41) is 0. The van der Waals surface area contributed by atoms with E-state index in [0.717, 1.165) is 0 Å². The minimum absolute atomic E-state index is 0. The molecule has 0 rings (SSSR count). The second-order valence-electron chi connectivity index (χ2n) is 0.247. The van der Waals surface area contributed by atoms with Crippen molar-refractivity contribution in [1.29, 1.82) is 0 Å². The van der Waals surface area contributed by atoms with E-state index in [1.165, 1.54) is 0 Å². The maximum absolute atomic E-state index is 9.81. The Morgan fingerprint density at radius 3 is 1.14 bits per heavy atom. The van der Waals surface area contributed by atoms with Gasteiger partial charge in [-0.25, -0.2) is 0 Å². The molecule has 0 aliphatic heterocycles. The molecule has 0 unspecified atom stereocenters. The topological polar surface area (TPSA) is 0 Å². The fourth-order valence-corrected chi connectivity index (χ4v) is 0. The first-order valence-electron chi connectivity index (χ1n) is 0.655. The Hall–Kier alpha value is 2.51. The predicted octanol–water partition coefficient (Wildman–Crippen LogP) is -2.01. The quantitative estimate of drug-likeness (QED) is 0.291. The summed E-state index contributed by atoms with van der Waals surface area (Å²) in [5.74, 6) is 0. The first kappa shape index (κ1) is 22.7. The summed E-state index contributed by atoms with van der Waals surface area (Å²) in [5.41, 5.74) is 0. The zero-order chi connectivity index (χ0) is 3.58. The molecule has 7 heavy (non-hydrogen) atoms. The molecule has 0 aromatic heterocycles. The van der Waals surface area contributed by atoms with Crippen LogP contribution in [0.5, 0.6) is 0 Å². The van der Waals surface area contributed by atoms with Crippen molar-refractivity contribution in [3.8, 4) is 0 Å². The third kappa shape index (κ3) is 57.2. The van der Waals surface area contributed by atoms with E-state index in [2.05, 4.69) is 0 Å². The first-order valence-corrected chi connectivity index (χ1v) is 1.96. The van der Waals surface area contributed by atoms with Gasteiger partial charge in [0, 0.05) is 0 Å². The molecule has 0 saturated heterocycles. The van der Waals surface area contributed by atoms with Crippen LogP contribution in [0.4, 0.5) is 15.3 Å². The van der Waals surface area contributed by atoms with Crippen molar-refractivity contribution >= 4 is 53.3 Å². The Balaban J connectivity index is -0.00000000300. The van der Waals surface area contributed by atoms with Gasteiger partial charge in [-0.3, -0.25) is 4.70 Å². The second-order valence-corrected chi connectivity index (χ2v) is 0.742. The first-order chi connectivity index (χ1) is 1.73. The SMILES string of the molecule is F.[Ca+2].[F][Al]([F])[F].[H-].[H-].[H-].[Na+]. The van der Waals surface area contributed by atoms with Crippen LogP contribution in [0.1, 0.15) is 4.28 Å². The van der Waals surface area contributed by atoms with Crippen LogP contribution in [0.2, 0.25) is 0 Å². The summed E-state index contributed by atoms with van der Waals surface area (Å²) in [4.78, 5) is 0. The summed E-state index contributed by atoms with van der Waals surface area (Å²) in [6.45, 7) is 0. The monoisotopic (exact) mass is 170 g/mol. The van der Waals surface area contributed by atoms with Crippen LogP contribution in [0.25, 0.3) is 0 Å². The van der Waals surface area contributed by atoms with E-state index in [1.54, 1.807) is 0 Å². The molecule has 0 aromatic carbocycles. The van der Waals surface area contributed by atoms with Crippen LogP contribution in [0.15, 0.2) is 0 Å². The molecule has 0 saturated carbocycles. The van der Waals surface area contributed by atoms with Crippen LogP contribution in [0.3, 0.4) is 0 Å². The van der Waals surface area contributed by atoms with Crippen molar-refractivity contribution in [1.82, 2.24) is 0 Å². The summed E-state index contributed by atoms with van der Waals surface area (Å²) in [7, 11) is 0. The number of hydrogen-bond donors (Lipinski definition) is 0. The van der Waals surface area contributed by atoms with E-state index in [4.69, 9.17) is 0 Å². The van der Waals surface area contributed by atoms with Crippen molar-refractivity contribution in [3.63, 3.8) is 0 Å². The molecule has 0 nitrogen and oxygen atoms in total. The Labute approximate surface area is 101 Å². The second kappa shape index (κ2) is 15.8. The van der Waals surface area contributed by atoms with E-state index < -0.39 is 15.5 Å². The van der Waals surface area contributed by atoms with Gasteiger partial charge in [-0.1, -0.05) is 0 Å². The van der Waals surface area contributed by atoms with Crippen LogP contribution >= 0.6 is 0 Å². The van der Waals surface area contributed by atoms with Gasteiger partial charge >= 0.3 is 82.8 Å². The van der Waals surface area contributed by atoms with Crippen molar-refractivity contribution in [2.45, 2.75) is 0 Å². The molecule has 0 radical (unpaired) electrons. The number of hydrogen-bond acceptors (Lipinski definition) is 0. The van der Waals surface area contributed by atoms with E-state index in [1.807, 2.05) is 0 Å². The molecule has 0 amide bonds. The van der Waals surface area contributed by atoms with Gasteiger partial charge in [-0.15, -0.1) is 0 Å². The summed E-state index contributed by atoms with van der Waals surface area (Å²) in [6, 6.07) is 0. The predicted molar refractivity (Wildman–Crippen MR) is 20.7 cm³/mol. The Kier molecular flexibility index (Phi) is 51.2. The Morgan fingerprint density at radius 2 is 1.14 bits per heavy atom. The number of rotatable bonds is 0. The molecule has 0 spiro atoms. The molecule has 0 aromatic rings. The molecule has 0 aliphatic carbocycles. The summed E-state index contributed by atoms with van der Waals surface area (Å²) >= 11 is -4.64. The maximum atomic E-state index is 9.81. The van der Waals surface area contributed by atoms with Crippen LogP contribution in [0, 0.1) is 0 Å². The third-order valence-electron chi connectivity index (χ3n) is 0. The zero-order valence-electron chi connectivity index (χ0n) is 6.83. The van der Waals surface area contributed by atoms with Crippen molar-refractivity contribution in [2.75, 3.05) is 0 Å². The minimum atomic E-state index is -4.64. The van der Waals surface area contributed by atoms with Gasteiger partial charge in [0.25, 0.3) is 0 Å². The molecule has 0 atom stereocenters. The maximum Gasteiger partial charge on any atom is 2.00 e. The summed E-state index contributed by atoms with van der Waals surface area (Å²) in [6.07, 6.45) is 0. The summed E-state index contributed by atoms with van der Waals surface area (Å²) < 4.78 is 29.4. The fourth-order valence-electron chi connectivity index (χ4n) is 0. The third-order valence-corrected chi connectivity index (χ3v) is 0. The van der Waals surface area contributed by atoms with E-state index in [0.29, 0.717) is 0 Å². The Bertz CT molecular complexity index is 25.2. The largest absolute Gasteiger partial charge is 2.00 e. The van der Waals surface area contributed by atoms with E-state index >= 15 is 0 Å². The normalized spacial score (nSPS) is 3.86. The van der Waals surface area contributed by atoms with Crippen molar-refractivity contribution in [2.24, 2.45) is 0 Å². The molecular formula is H4AlCaF4Na. The average molecular weight is 170 g/mol. The molecule has 0 bridgehead atoms. The van der Waals surface area contributed by atoms with E-state index in [9.17, 15) is 10.6 Å². The standard InChI is InChI=1S/Al.Ca.4FH.Na.3H/h;;4*1H;;;;/q+3;+2;;;;;+1;3*-1/p-3. The van der Waals surface area contributed by atoms with Gasteiger partial charge in [0.15, 0.2) is 0 Å². The van der Waals surface area contributed by atoms with Gasteiger partial charge in [0.2, 0.25) is 0 Å². The fraction of sp³-hybridized carbons (Fsp3) is 0. The van der Waals surface area contributed by atoms with Gasteiger partial charge in [0.1, 0.15) is 0 Å². The van der Waals surface area contributed by atoms with Crippen LogP contribution in [-0.4, -0.2) is 53.3 Å². The molecule has 7 heteroatoms. The molecule has 0 heterocycles. The molecule has 0 N–H and O–H groups in total.